The predicted octanol–water partition coefficient (Wildman–Crippen LogP) is 2.95. The first-order valence-corrected chi connectivity index (χ1v) is 8.57. The van der Waals surface area contributed by atoms with Crippen molar-refractivity contribution in [1.29, 1.82) is 0 Å². The molecule has 2 aromatic rings. The molecule has 1 aliphatic heterocycles. The molecule has 2 aromatic carbocycles. The average molecular weight is 352 g/mol. The number of amides is 2. The van der Waals surface area contributed by atoms with E-state index in [1.807, 2.05) is 36.4 Å². The Bertz CT molecular complexity index is 876. The molecule has 0 aromatic heterocycles. The van der Waals surface area contributed by atoms with E-state index in [9.17, 15) is 9.59 Å². The fourth-order valence-corrected chi connectivity index (χ4v) is 3.76. The standard InChI is InChI=1S/C20H20N2O4/c1-25-14-5-3-12(4-6-14)15-11-17(23)16-9-13(10-18(26-2)19(15)16)22-8-7-21-20(22)24/h3-6,9-10,15H,7-8,11H2,1-2H3,(H,21,24). The van der Waals surface area contributed by atoms with E-state index in [4.69, 9.17) is 9.47 Å². The molecule has 6 nitrogen and oxygen atoms in total. The summed E-state index contributed by atoms with van der Waals surface area (Å²) in [5, 5.41) is 2.78. The van der Waals surface area contributed by atoms with Crippen LogP contribution in [0.3, 0.4) is 0 Å². The number of carbonyl (C=O) groups is 2. The monoisotopic (exact) mass is 352 g/mol. The van der Waals surface area contributed by atoms with Crippen molar-refractivity contribution >= 4 is 17.5 Å². The number of ether oxygens (including phenoxy) is 2. The van der Waals surface area contributed by atoms with Crippen LogP contribution in [0.15, 0.2) is 36.4 Å². The molecule has 4 rings (SSSR count). The van der Waals surface area contributed by atoms with Gasteiger partial charge in [0.05, 0.1) is 14.2 Å². The second kappa shape index (κ2) is 6.37. The molecule has 134 valence electrons. The van der Waals surface area contributed by atoms with Gasteiger partial charge in [-0.15, -0.1) is 0 Å². The topological polar surface area (TPSA) is 67.9 Å². The Labute approximate surface area is 151 Å². The summed E-state index contributed by atoms with van der Waals surface area (Å²) in [6.45, 7) is 1.18. The van der Waals surface area contributed by atoms with E-state index in [0.29, 0.717) is 36.5 Å². The molecular weight excluding hydrogens is 332 g/mol. The lowest BCUT2D eigenvalue weighted by molar-refractivity contribution is 0.0991. The molecule has 1 N–H and O–H groups in total. The zero-order valence-electron chi connectivity index (χ0n) is 14.7. The molecule has 1 aliphatic carbocycles. The van der Waals surface area contributed by atoms with Crippen LogP contribution in [0.5, 0.6) is 11.5 Å². The van der Waals surface area contributed by atoms with Crippen molar-refractivity contribution in [2.24, 2.45) is 0 Å². The van der Waals surface area contributed by atoms with Gasteiger partial charge in [-0.25, -0.2) is 4.79 Å². The van der Waals surface area contributed by atoms with Crippen LogP contribution in [-0.2, 0) is 0 Å². The molecule has 1 heterocycles. The first-order chi connectivity index (χ1) is 12.6. The van der Waals surface area contributed by atoms with Gasteiger partial charge < -0.3 is 14.8 Å². The number of benzene rings is 2. The van der Waals surface area contributed by atoms with E-state index in [-0.39, 0.29) is 17.7 Å². The molecule has 1 saturated heterocycles. The summed E-state index contributed by atoms with van der Waals surface area (Å²) >= 11 is 0. The maximum Gasteiger partial charge on any atom is 0.321 e. The van der Waals surface area contributed by atoms with Crippen LogP contribution in [0.2, 0.25) is 0 Å². The summed E-state index contributed by atoms with van der Waals surface area (Å²) in [5.41, 5.74) is 3.27. The molecule has 1 atom stereocenters. The number of nitrogens with one attached hydrogen (secondary N) is 1. The van der Waals surface area contributed by atoms with E-state index < -0.39 is 0 Å². The van der Waals surface area contributed by atoms with Crippen LogP contribution >= 0.6 is 0 Å². The van der Waals surface area contributed by atoms with Gasteiger partial charge in [-0.3, -0.25) is 9.69 Å². The fraction of sp³-hybridized carbons (Fsp3) is 0.300. The quantitative estimate of drug-likeness (QED) is 0.919. The Hall–Kier alpha value is -3.02. The lowest BCUT2D eigenvalue weighted by Gasteiger charge is -2.20. The van der Waals surface area contributed by atoms with Crippen LogP contribution < -0.4 is 19.7 Å². The number of hydrogen-bond acceptors (Lipinski definition) is 4. The van der Waals surface area contributed by atoms with E-state index in [2.05, 4.69) is 5.32 Å². The zero-order chi connectivity index (χ0) is 18.3. The summed E-state index contributed by atoms with van der Waals surface area (Å²) in [5.74, 6) is 1.44. The maximum atomic E-state index is 12.7. The molecule has 6 heteroatoms. The van der Waals surface area contributed by atoms with Gasteiger partial charge >= 0.3 is 6.03 Å². The number of anilines is 1. The van der Waals surface area contributed by atoms with Gasteiger partial charge in [-0.1, -0.05) is 12.1 Å². The highest BCUT2D eigenvalue weighted by atomic mass is 16.5. The highest BCUT2D eigenvalue weighted by molar-refractivity contribution is 6.05. The number of rotatable bonds is 4. The summed E-state index contributed by atoms with van der Waals surface area (Å²) in [6, 6.07) is 11.3. The highest BCUT2D eigenvalue weighted by Gasteiger charge is 2.35. The Kier molecular flexibility index (Phi) is 4.03. The predicted molar refractivity (Wildman–Crippen MR) is 97.5 cm³/mol. The normalized spacial score (nSPS) is 18.7. The average Bonchev–Trinajstić information content (AvgIpc) is 3.24. The second-order valence-corrected chi connectivity index (χ2v) is 6.45. The van der Waals surface area contributed by atoms with Crippen molar-refractivity contribution in [3.63, 3.8) is 0 Å². The number of nitrogens with zero attached hydrogens (tertiary/aromatic N) is 1. The molecule has 0 saturated carbocycles. The molecule has 0 spiro atoms. The van der Waals surface area contributed by atoms with Crippen LogP contribution in [-0.4, -0.2) is 39.1 Å². The van der Waals surface area contributed by atoms with Crippen molar-refractivity contribution in [3.05, 3.63) is 53.1 Å². The molecule has 2 aliphatic rings. The van der Waals surface area contributed by atoms with Crippen LogP contribution in [0.1, 0.15) is 33.8 Å². The van der Waals surface area contributed by atoms with Gasteiger partial charge in [0.2, 0.25) is 0 Å². The molecule has 0 bridgehead atoms. The number of fused-ring (bicyclic) bond motifs is 1. The molecular formula is C20H20N2O4. The Morgan fingerprint density at radius 3 is 2.46 bits per heavy atom. The number of Topliss-reactive ketones (excluding diaryl/α,β-unsaturated/α-hetero) is 1. The van der Waals surface area contributed by atoms with Gasteiger partial charge in [0.15, 0.2) is 5.78 Å². The fourth-order valence-electron chi connectivity index (χ4n) is 3.76. The number of carbonyl (C=O) groups excluding carboxylic acids is 2. The zero-order valence-corrected chi connectivity index (χ0v) is 14.7. The Morgan fingerprint density at radius 1 is 1.08 bits per heavy atom. The van der Waals surface area contributed by atoms with Gasteiger partial charge in [-0.2, -0.15) is 0 Å². The number of ketones is 1. The summed E-state index contributed by atoms with van der Waals surface area (Å²) in [6.07, 6.45) is 0.396. The second-order valence-electron chi connectivity index (χ2n) is 6.45. The van der Waals surface area contributed by atoms with E-state index in [1.54, 1.807) is 19.1 Å². The number of urea groups is 1. The van der Waals surface area contributed by atoms with Crippen molar-refractivity contribution in [1.82, 2.24) is 5.32 Å². The first kappa shape index (κ1) is 16.4. The molecule has 26 heavy (non-hydrogen) atoms. The van der Waals surface area contributed by atoms with Crippen LogP contribution in [0, 0.1) is 0 Å². The van der Waals surface area contributed by atoms with Gasteiger partial charge in [0.1, 0.15) is 11.5 Å². The van der Waals surface area contributed by atoms with Crippen molar-refractivity contribution in [3.8, 4) is 11.5 Å². The van der Waals surface area contributed by atoms with Crippen molar-refractivity contribution in [2.75, 3.05) is 32.2 Å². The third-order valence-electron chi connectivity index (χ3n) is 5.07. The molecule has 2 amide bonds. The maximum absolute atomic E-state index is 12.7. The lowest BCUT2D eigenvalue weighted by atomic mass is 9.92. The molecule has 1 unspecified atom stereocenters. The highest BCUT2D eigenvalue weighted by Crippen LogP contribution is 2.45. The van der Waals surface area contributed by atoms with Gasteiger partial charge in [0.25, 0.3) is 0 Å². The van der Waals surface area contributed by atoms with E-state index in [1.165, 1.54) is 0 Å². The minimum absolute atomic E-state index is 0.0557. The first-order valence-electron chi connectivity index (χ1n) is 8.57. The van der Waals surface area contributed by atoms with Crippen molar-refractivity contribution in [2.45, 2.75) is 12.3 Å². The molecule has 0 radical (unpaired) electrons. The smallest absolute Gasteiger partial charge is 0.321 e. The van der Waals surface area contributed by atoms with Crippen LogP contribution in [0.25, 0.3) is 0 Å². The Balaban J connectivity index is 1.78. The van der Waals surface area contributed by atoms with Gasteiger partial charge in [0, 0.05) is 48.3 Å². The third kappa shape index (κ3) is 2.58. The third-order valence-corrected chi connectivity index (χ3v) is 5.07. The largest absolute Gasteiger partial charge is 0.497 e. The summed E-state index contributed by atoms with van der Waals surface area (Å²) in [4.78, 5) is 26.3. The number of hydrogen-bond donors (Lipinski definition) is 1. The number of methoxy groups -OCH3 is 2. The summed E-state index contributed by atoms with van der Waals surface area (Å²) in [7, 11) is 3.22. The lowest BCUT2D eigenvalue weighted by Crippen LogP contribution is -2.27. The van der Waals surface area contributed by atoms with Gasteiger partial charge in [-0.05, 0) is 23.8 Å². The SMILES string of the molecule is COc1ccc(C2CC(=O)c3cc(N4CCNC4=O)cc(OC)c32)cc1. The van der Waals surface area contributed by atoms with E-state index >= 15 is 0 Å². The van der Waals surface area contributed by atoms with E-state index in [0.717, 1.165) is 16.9 Å². The minimum atomic E-state index is -0.149. The van der Waals surface area contributed by atoms with Crippen molar-refractivity contribution < 1.29 is 19.1 Å². The Morgan fingerprint density at radius 2 is 1.85 bits per heavy atom. The molecule has 1 fully saturated rings. The summed E-state index contributed by atoms with van der Waals surface area (Å²) < 4.78 is 10.8. The minimum Gasteiger partial charge on any atom is -0.497 e. The van der Waals surface area contributed by atoms with Crippen LogP contribution in [0.4, 0.5) is 10.5 Å².